The Kier molecular flexibility index (Phi) is 6.79. The van der Waals surface area contributed by atoms with Crippen LogP contribution in [0, 0.1) is 0 Å². The molecule has 0 radical (unpaired) electrons. The standard InChI is InChI=1S/C19H18BrF3N4O4S/c1-3-31-18(28)13-7-11(19(21,22)23)8-24-14(13)9-25-16-17(32(29,30)4-2)27-10-12(20)5-6-15(27)26-16/h5-8,10,25H,3-4,9H2,1-2H3. The lowest BCUT2D eigenvalue weighted by atomic mass is 10.1. The van der Waals surface area contributed by atoms with Crippen molar-refractivity contribution in [1.29, 1.82) is 0 Å². The number of carbonyl (C=O) groups is 1. The molecular formula is C19H18BrF3N4O4S. The van der Waals surface area contributed by atoms with Crippen LogP contribution in [0.5, 0.6) is 0 Å². The normalized spacial score (nSPS) is 12.2. The molecule has 0 aliphatic rings. The maximum atomic E-state index is 13.1. The summed E-state index contributed by atoms with van der Waals surface area (Å²) in [6, 6.07) is 3.95. The van der Waals surface area contributed by atoms with E-state index in [1.165, 1.54) is 24.4 Å². The minimum atomic E-state index is -4.70. The molecule has 0 bridgehead atoms. The van der Waals surface area contributed by atoms with E-state index in [2.05, 4.69) is 31.2 Å². The maximum Gasteiger partial charge on any atom is 0.417 e. The van der Waals surface area contributed by atoms with E-state index in [4.69, 9.17) is 4.74 Å². The molecule has 3 aromatic rings. The largest absolute Gasteiger partial charge is 0.462 e. The molecule has 32 heavy (non-hydrogen) atoms. The Bertz CT molecular complexity index is 1280. The van der Waals surface area contributed by atoms with Crippen molar-refractivity contribution in [3.63, 3.8) is 0 Å². The number of hydrogen-bond donors (Lipinski definition) is 1. The van der Waals surface area contributed by atoms with Gasteiger partial charge in [0.1, 0.15) is 5.65 Å². The number of esters is 1. The zero-order chi connectivity index (χ0) is 23.7. The fourth-order valence-corrected chi connectivity index (χ4v) is 4.36. The molecule has 0 unspecified atom stereocenters. The van der Waals surface area contributed by atoms with Gasteiger partial charge in [-0.15, -0.1) is 0 Å². The fourth-order valence-electron chi connectivity index (χ4n) is 2.89. The SMILES string of the molecule is CCOC(=O)c1cc(C(F)(F)F)cnc1CNc1nc2ccc(Br)cn2c1S(=O)(=O)CC. The Morgan fingerprint density at radius 3 is 2.62 bits per heavy atom. The van der Waals surface area contributed by atoms with Crippen LogP contribution in [0.2, 0.25) is 0 Å². The summed E-state index contributed by atoms with van der Waals surface area (Å²) < 4.78 is 71.5. The molecule has 0 aliphatic carbocycles. The highest BCUT2D eigenvalue weighted by Gasteiger charge is 2.33. The molecule has 0 amide bonds. The van der Waals surface area contributed by atoms with Crippen molar-refractivity contribution < 1.29 is 31.1 Å². The first kappa shape index (κ1) is 24.0. The van der Waals surface area contributed by atoms with Gasteiger partial charge in [0.2, 0.25) is 0 Å². The summed E-state index contributed by atoms with van der Waals surface area (Å²) in [5.41, 5.74) is -1.18. The molecule has 0 atom stereocenters. The molecule has 0 spiro atoms. The predicted molar refractivity (Wildman–Crippen MR) is 113 cm³/mol. The smallest absolute Gasteiger partial charge is 0.417 e. The first-order chi connectivity index (χ1) is 15.0. The van der Waals surface area contributed by atoms with Crippen molar-refractivity contribution in [2.45, 2.75) is 31.6 Å². The number of halogens is 4. The number of nitrogens with one attached hydrogen (secondary N) is 1. The number of sulfone groups is 1. The molecule has 3 heterocycles. The van der Waals surface area contributed by atoms with Gasteiger partial charge in [-0.25, -0.2) is 18.2 Å². The Labute approximate surface area is 189 Å². The molecule has 0 aromatic carbocycles. The summed E-state index contributed by atoms with van der Waals surface area (Å²) in [6.45, 7) is 2.70. The lowest BCUT2D eigenvalue weighted by molar-refractivity contribution is -0.137. The number of carbonyl (C=O) groups excluding carboxylic acids is 1. The summed E-state index contributed by atoms with van der Waals surface area (Å²) in [7, 11) is -3.74. The van der Waals surface area contributed by atoms with Crippen molar-refractivity contribution in [2.75, 3.05) is 17.7 Å². The summed E-state index contributed by atoms with van der Waals surface area (Å²) in [6.07, 6.45) is -2.56. The summed E-state index contributed by atoms with van der Waals surface area (Å²) >= 11 is 3.29. The summed E-state index contributed by atoms with van der Waals surface area (Å²) in [4.78, 5) is 20.3. The molecule has 3 aromatic heterocycles. The molecule has 1 N–H and O–H groups in total. The van der Waals surface area contributed by atoms with Gasteiger partial charge in [-0.05, 0) is 41.1 Å². The molecule has 3 rings (SSSR count). The van der Waals surface area contributed by atoms with Crippen LogP contribution in [-0.2, 0) is 27.3 Å². The van der Waals surface area contributed by atoms with Crippen LogP contribution in [0.4, 0.5) is 19.0 Å². The van der Waals surface area contributed by atoms with E-state index in [0.29, 0.717) is 22.4 Å². The topological polar surface area (TPSA) is 103 Å². The number of aromatic nitrogens is 3. The summed E-state index contributed by atoms with van der Waals surface area (Å²) in [5.74, 6) is -1.18. The number of ether oxygens (including phenoxy) is 1. The first-order valence-corrected chi connectivity index (χ1v) is 11.8. The minimum Gasteiger partial charge on any atom is -0.462 e. The zero-order valence-electron chi connectivity index (χ0n) is 16.9. The van der Waals surface area contributed by atoms with Crippen LogP contribution in [0.1, 0.15) is 35.5 Å². The molecule has 8 nitrogen and oxygen atoms in total. The van der Waals surface area contributed by atoms with Crippen molar-refractivity contribution in [1.82, 2.24) is 14.4 Å². The van der Waals surface area contributed by atoms with Crippen LogP contribution in [0.15, 0.2) is 40.1 Å². The molecule has 172 valence electrons. The monoisotopic (exact) mass is 534 g/mol. The van der Waals surface area contributed by atoms with E-state index in [0.717, 1.165) is 0 Å². The first-order valence-electron chi connectivity index (χ1n) is 9.35. The third-order valence-electron chi connectivity index (χ3n) is 4.43. The van der Waals surface area contributed by atoms with Crippen LogP contribution in [0.25, 0.3) is 5.65 Å². The van der Waals surface area contributed by atoms with Gasteiger partial charge in [-0.2, -0.15) is 13.2 Å². The third-order valence-corrected chi connectivity index (χ3v) is 6.64. The lowest BCUT2D eigenvalue weighted by Gasteiger charge is -2.13. The van der Waals surface area contributed by atoms with Gasteiger partial charge in [0, 0.05) is 16.9 Å². The number of nitrogens with zero attached hydrogens (tertiary/aromatic N) is 3. The molecule has 0 saturated carbocycles. The van der Waals surface area contributed by atoms with E-state index in [9.17, 15) is 26.4 Å². The Hall–Kier alpha value is -2.67. The van der Waals surface area contributed by atoms with E-state index in [1.54, 1.807) is 12.1 Å². The van der Waals surface area contributed by atoms with Crippen LogP contribution < -0.4 is 5.32 Å². The lowest BCUT2D eigenvalue weighted by Crippen LogP contribution is -2.17. The molecule has 0 aliphatic heterocycles. The van der Waals surface area contributed by atoms with Gasteiger partial charge in [0.25, 0.3) is 0 Å². The number of alkyl halides is 3. The molecule has 0 fully saturated rings. The van der Waals surface area contributed by atoms with Crippen LogP contribution >= 0.6 is 15.9 Å². The number of imidazole rings is 1. The highest BCUT2D eigenvalue weighted by Crippen LogP contribution is 2.31. The highest BCUT2D eigenvalue weighted by molar-refractivity contribution is 9.10. The molecule has 13 heteroatoms. The predicted octanol–water partition coefficient (Wildman–Crippen LogP) is 4.09. The van der Waals surface area contributed by atoms with E-state index in [-0.39, 0.29) is 41.0 Å². The summed E-state index contributed by atoms with van der Waals surface area (Å²) in [5, 5.41) is 2.69. The van der Waals surface area contributed by atoms with Crippen molar-refractivity contribution in [3.8, 4) is 0 Å². The van der Waals surface area contributed by atoms with Crippen molar-refractivity contribution >= 4 is 43.2 Å². The average molecular weight is 535 g/mol. The van der Waals surface area contributed by atoms with Gasteiger partial charge in [-0.1, -0.05) is 6.92 Å². The number of rotatable bonds is 7. The number of pyridine rings is 2. The Morgan fingerprint density at radius 2 is 2.00 bits per heavy atom. The van der Waals surface area contributed by atoms with Crippen molar-refractivity contribution in [2.24, 2.45) is 0 Å². The third kappa shape index (κ3) is 4.88. The number of hydrogen-bond acceptors (Lipinski definition) is 7. The van der Waals surface area contributed by atoms with Gasteiger partial charge in [0.15, 0.2) is 20.7 Å². The van der Waals surface area contributed by atoms with Crippen molar-refractivity contribution in [3.05, 3.63) is 51.9 Å². The zero-order valence-corrected chi connectivity index (χ0v) is 19.3. The highest BCUT2D eigenvalue weighted by atomic mass is 79.9. The Morgan fingerprint density at radius 1 is 1.28 bits per heavy atom. The number of anilines is 1. The fraction of sp³-hybridized carbons (Fsp3) is 0.316. The maximum absolute atomic E-state index is 13.1. The van der Waals surface area contributed by atoms with Gasteiger partial charge in [0.05, 0.1) is 35.7 Å². The van der Waals surface area contributed by atoms with E-state index >= 15 is 0 Å². The quantitative estimate of drug-likeness (QED) is 0.455. The van der Waals surface area contributed by atoms with E-state index in [1.807, 2.05) is 0 Å². The van der Waals surface area contributed by atoms with Crippen LogP contribution in [0.3, 0.4) is 0 Å². The van der Waals surface area contributed by atoms with E-state index < -0.39 is 27.5 Å². The van der Waals surface area contributed by atoms with Gasteiger partial charge in [-0.3, -0.25) is 9.38 Å². The van der Waals surface area contributed by atoms with Gasteiger partial charge < -0.3 is 10.1 Å². The second-order valence-corrected chi connectivity index (χ2v) is 9.64. The average Bonchev–Trinajstić information content (AvgIpc) is 3.09. The van der Waals surface area contributed by atoms with Crippen LogP contribution in [-0.4, -0.2) is 41.1 Å². The molecular weight excluding hydrogens is 517 g/mol. The Balaban J connectivity index is 2.05. The minimum absolute atomic E-state index is 0.0125. The molecule has 0 saturated heterocycles. The second-order valence-electron chi connectivity index (χ2n) is 6.53. The second kappa shape index (κ2) is 9.06. The van der Waals surface area contributed by atoms with Gasteiger partial charge >= 0.3 is 12.1 Å². The number of fused-ring (bicyclic) bond motifs is 1.